The summed E-state index contributed by atoms with van der Waals surface area (Å²) >= 11 is 8.03. The van der Waals surface area contributed by atoms with Crippen molar-refractivity contribution < 1.29 is 9.53 Å². The molecule has 2 aromatic heterocycles. The Hall–Kier alpha value is -0.980. The molecule has 2 heterocycles. The van der Waals surface area contributed by atoms with Crippen molar-refractivity contribution in [2.75, 3.05) is 6.61 Å². The first-order chi connectivity index (χ1) is 7.72. The number of aromatic amines is 1. The van der Waals surface area contributed by atoms with E-state index in [1.54, 1.807) is 18.3 Å². The maximum Gasteiger partial charge on any atom is 0.356 e. The van der Waals surface area contributed by atoms with Crippen LogP contribution in [0.2, 0.25) is 0 Å². The molecule has 0 atom stereocenters. The minimum atomic E-state index is -0.349. The summed E-state index contributed by atoms with van der Waals surface area (Å²) in [7, 11) is 0. The number of hydrogen-bond donors (Lipinski definition) is 1. The Kier molecular flexibility index (Phi) is 3.52. The zero-order chi connectivity index (χ0) is 11.5. The van der Waals surface area contributed by atoms with E-state index in [4.69, 9.17) is 17.0 Å². The molecular formula is C10H9NO2S3. The number of thiophene rings is 1. The summed E-state index contributed by atoms with van der Waals surface area (Å²) < 4.78 is 5.56. The summed E-state index contributed by atoms with van der Waals surface area (Å²) in [5.41, 5.74) is 0.458. The number of carbonyl (C=O) groups excluding carboxylic acids is 1. The monoisotopic (exact) mass is 271 g/mol. The predicted molar refractivity (Wildman–Crippen MR) is 68.8 cm³/mol. The molecule has 0 spiro atoms. The average Bonchev–Trinajstić information content (AvgIpc) is 2.85. The van der Waals surface area contributed by atoms with Crippen LogP contribution in [0.4, 0.5) is 0 Å². The molecule has 16 heavy (non-hydrogen) atoms. The number of thiazole rings is 1. The van der Waals surface area contributed by atoms with Gasteiger partial charge in [-0.25, -0.2) is 4.79 Å². The number of aromatic nitrogens is 1. The van der Waals surface area contributed by atoms with Crippen molar-refractivity contribution >= 4 is 40.9 Å². The van der Waals surface area contributed by atoms with Gasteiger partial charge in [-0.15, -0.1) is 22.7 Å². The third-order valence-electron chi connectivity index (χ3n) is 1.87. The zero-order valence-corrected chi connectivity index (χ0v) is 10.9. The Morgan fingerprint density at radius 1 is 1.62 bits per heavy atom. The summed E-state index contributed by atoms with van der Waals surface area (Å²) in [4.78, 5) is 16.5. The van der Waals surface area contributed by atoms with E-state index in [0.717, 1.165) is 9.75 Å². The Morgan fingerprint density at radius 3 is 3.06 bits per heavy atom. The molecule has 3 nitrogen and oxygen atoms in total. The second-order valence-electron chi connectivity index (χ2n) is 2.92. The van der Waals surface area contributed by atoms with E-state index >= 15 is 0 Å². The minimum absolute atomic E-state index is 0.349. The maximum absolute atomic E-state index is 11.7. The third kappa shape index (κ3) is 2.23. The van der Waals surface area contributed by atoms with Crippen LogP contribution >= 0.6 is 34.9 Å². The first kappa shape index (κ1) is 11.5. The van der Waals surface area contributed by atoms with Crippen molar-refractivity contribution in [2.45, 2.75) is 6.92 Å². The SMILES string of the molecule is CCOC(=O)c1[nH]c(=S)sc1-c1cccs1. The van der Waals surface area contributed by atoms with Gasteiger partial charge in [0.05, 0.1) is 11.5 Å². The van der Waals surface area contributed by atoms with Crippen LogP contribution in [0.25, 0.3) is 9.75 Å². The van der Waals surface area contributed by atoms with Gasteiger partial charge in [0.2, 0.25) is 0 Å². The van der Waals surface area contributed by atoms with E-state index < -0.39 is 0 Å². The van der Waals surface area contributed by atoms with Crippen molar-refractivity contribution in [3.63, 3.8) is 0 Å². The molecule has 0 fully saturated rings. The van der Waals surface area contributed by atoms with E-state index in [2.05, 4.69) is 4.98 Å². The Balaban J connectivity index is 2.46. The Labute approximate surface area is 106 Å². The van der Waals surface area contributed by atoms with E-state index in [-0.39, 0.29) is 5.97 Å². The molecule has 0 aliphatic rings. The van der Waals surface area contributed by atoms with Gasteiger partial charge < -0.3 is 9.72 Å². The van der Waals surface area contributed by atoms with E-state index in [1.165, 1.54) is 11.3 Å². The van der Waals surface area contributed by atoms with Gasteiger partial charge in [-0.3, -0.25) is 0 Å². The molecule has 0 bridgehead atoms. The van der Waals surface area contributed by atoms with Crippen LogP contribution in [0.5, 0.6) is 0 Å². The van der Waals surface area contributed by atoms with Gasteiger partial charge in [0, 0.05) is 4.88 Å². The van der Waals surface area contributed by atoms with E-state index in [9.17, 15) is 4.79 Å². The van der Waals surface area contributed by atoms with Crippen LogP contribution in [0.1, 0.15) is 17.4 Å². The first-order valence-electron chi connectivity index (χ1n) is 4.66. The Bertz CT molecular complexity index is 539. The van der Waals surface area contributed by atoms with Crippen molar-refractivity contribution in [1.29, 1.82) is 0 Å². The smallest absolute Gasteiger partial charge is 0.356 e. The van der Waals surface area contributed by atoms with Crippen molar-refractivity contribution in [3.8, 4) is 9.75 Å². The predicted octanol–water partition coefficient (Wildman–Crippen LogP) is 3.71. The normalized spacial score (nSPS) is 10.3. The van der Waals surface area contributed by atoms with Crippen molar-refractivity contribution in [1.82, 2.24) is 4.98 Å². The molecule has 0 aromatic carbocycles. The second-order valence-corrected chi connectivity index (χ2v) is 5.55. The number of carbonyl (C=O) groups is 1. The van der Waals surface area contributed by atoms with Gasteiger partial charge in [-0.05, 0) is 30.6 Å². The molecule has 2 rings (SSSR count). The summed E-state index contributed by atoms with van der Waals surface area (Å²) in [5, 5.41) is 1.97. The fourth-order valence-electron chi connectivity index (χ4n) is 1.26. The standard InChI is InChI=1S/C10H9NO2S3/c1-2-13-9(12)7-8(16-10(14)11-7)6-4-3-5-15-6/h3-5H,2H2,1H3,(H,11,14). The molecule has 0 radical (unpaired) electrons. The number of H-pyrrole nitrogens is 1. The third-order valence-corrected chi connectivity index (χ3v) is 4.16. The summed E-state index contributed by atoms with van der Waals surface area (Å²) in [6.07, 6.45) is 0. The van der Waals surface area contributed by atoms with Crippen LogP contribution < -0.4 is 0 Å². The molecular weight excluding hydrogens is 262 g/mol. The van der Waals surface area contributed by atoms with E-state index in [1.807, 2.05) is 17.5 Å². The average molecular weight is 271 g/mol. The quantitative estimate of drug-likeness (QED) is 0.683. The van der Waals surface area contributed by atoms with Gasteiger partial charge in [0.15, 0.2) is 3.95 Å². The van der Waals surface area contributed by atoms with Gasteiger partial charge in [0.1, 0.15) is 5.69 Å². The van der Waals surface area contributed by atoms with Gasteiger partial charge in [-0.2, -0.15) is 0 Å². The molecule has 0 amide bonds. The van der Waals surface area contributed by atoms with Gasteiger partial charge >= 0.3 is 5.97 Å². The summed E-state index contributed by atoms with van der Waals surface area (Å²) in [6, 6.07) is 3.90. The summed E-state index contributed by atoms with van der Waals surface area (Å²) in [5.74, 6) is -0.349. The largest absolute Gasteiger partial charge is 0.461 e. The lowest BCUT2D eigenvalue weighted by Gasteiger charge is -2.00. The molecule has 84 valence electrons. The Morgan fingerprint density at radius 2 is 2.44 bits per heavy atom. The fraction of sp³-hybridized carbons (Fsp3) is 0.200. The number of hydrogen-bond acceptors (Lipinski definition) is 5. The van der Waals surface area contributed by atoms with Gasteiger partial charge in [0.25, 0.3) is 0 Å². The molecule has 0 saturated heterocycles. The highest BCUT2D eigenvalue weighted by molar-refractivity contribution is 7.73. The van der Waals surface area contributed by atoms with Crippen molar-refractivity contribution in [3.05, 3.63) is 27.2 Å². The molecule has 6 heteroatoms. The number of ether oxygens (including phenoxy) is 1. The number of nitrogens with one attached hydrogen (secondary N) is 1. The minimum Gasteiger partial charge on any atom is -0.461 e. The van der Waals surface area contributed by atoms with Crippen LogP contribution in [-0.2, 0) is 4.74 Å². The first-order valence-corrected chi connectivity index (χ1v) is 6.77. The van der Waals surface area contributed by atoms with Crippen LogP contribution in [0.3, 0.4) is 0 Å². The lowest BCUT2D eigenvalue weighted by molar-refractivity contribution is 0.0521. The highest BCUT2D eigenvalue weighted by Gasteiger charge is 2.17. The molecule has 0 saturated carbocycles. The molecule has 1 N–H and O–H groups in total. The number of rotatable bonds is 3. The molecule has 2 aromatic rings. The number of esters is 1. The molecule has 0 aliphatic heterocycles. The second kappa shape index (κ2) is 4.90. The lowest BCUT2D eigenvalue weighted by atomic mass is 10.3. The topological polar surface area (TPSA) is 42.1 Å². The zero-order valence-electron chi connectivity index (χ0n) is 8.48. The van der Waals surface area contributed by atoms with Crippen LogP contribution in [-0.4, -0.2) is 17.6 Å². The van der Waals surface area contributed by atoms with E-state index in [0.29, 0.717) is 16.3 Å². The van der Waals surface area contributed by atoms with Crippen molar-refractivity contribution in [2.24, 2.45) is 0 Å². The highest BCUT2D eigenvalue weighted by atomic mass is 32.1. The fourth-order valence-corrected chi connectivity index (χ4v) is 3.29. The van der Waals surface area contributed by atoms with Gasteiger partial charge in [-0.1, -0.05) is 6.07 Å². The lowest BCUT2D eigenvalue weighted by Crippen LogP contribution is -2.05. The van der Waals surface area contributed by atoms with Crippen LogP contribution in [0.15, 0.2) is 17.5 Å². The summed E-state index contributed by atoms with van der Waals surface area (Å²) in [6.45, 7) is 2.14. The maximum atomic E-state index is 11.7. The molecule has 0 unspecified atom stereocenters. The van der Waals surface area contributed by atoms with Crippen LogP contribution in [0, 0.1) is 3.95 Å². The highest BCUT2D eigenvalue weighted by Crippen LogP contribution is 2.32. The molecule has 0 aliphatic carbocycles.